The number of aryl methyl sites for hydroxylation is 1. The fourth-order valence-corrected chi connectivity index (χ4v) is 1.58. The van der Waals surface area contributed by atoms with Gasteiger partial charge in [-0.05, 0) is 20.4 Å². The Kier molecular flexibility index (Phi) is 4.29. The molecule has 1 rings (SSSR count). The molecule has 2 atom stereocenters. The smallest absolute Gasteiger partial charge is 0.122 e. The van der Waals surface area contributed by atoms with Crippen LogP contribution in [0.15, 0.2) is 12.4 Å². The maximum absolute atomic E-state index is 6.02. The van der Waals surface area contributed by atoms with Crippen LogP contribution >= 0.6 is 0 Å². The average Bonchev–Trinajstić information content (AvgIpc) is 2.62. The molecule has 0 amide bonds. The molecule has 1 aromatic rings. The third kappa shape index (κ3) is 3.04. The summed E-state index contributed by atoms with van der Waals surface area (Å²) < 4.78 is 2.04. The van der Waals surface area contributed by atoms with Gasteiger partial charge in [-0.1, -0.05) is 6.92 Å². The first-order valence-corrected chi connectivity index (χ1v) is 5.48. The van der Waals surface area contributed by atoms with E-state index in [1.165, 1.54) is 0 Å². The van der Waals surface area contributed by atoms with Crippen molar-refractivity contribution in [2.45, 2.75) is 38.9 Å². The molecular weight excluding hydrogens is 188 g/mol. The molecule has 0 radical (unpaired) electrons. The number of nitrogens with zero attached hydrogens (tertiary/aromatic N) is 3. The maximum Gasteiger partial charge on any atom is 0.122 e. The summed E-state index contributed by atoms with van der Waals surface area (Å²) in [6.07, 6.45) is 4.80. The zero-order valence-electron chi connectivity index (χ0n) is 10.1. The number of rotatable bonds is 5. The molecule has 0 bridgehead atoms. The van der Waals surface area contributed by atoms with Crippen molar-refractivity contribution >= 4 is 0 Å². The van der Waals surface area contributed by atoms with Crippen LogP contribution in [0, 0.1) is 0 Å². The molecule has 86 valence electrons. The van der Waals surface area contributed by atoms with E-state index in [0.29, 0.717) is 6.04 Å². The van der Waals surface area contributed by atoms with Gasteiger partial charge in [0.25, 0.3) is 0 Å². The first-order valence-electron chi connectivity index (χ1n) is 5.48. The molecule has 2 unspecified atom stereocenters. The number of hydrogen-bond acceptors (Lipinski definition) is 3. The van der Waals surface area contributed by atoms with E-state index in [-0.39, 0.29) is 6.04 Å². The van der Waals surface area contributed by atoms with Crippen LogP contribution in [-0.4, -0.2) is 33.6 Å². The van der Waals surface area contributed by atoms with E-state index >= 15 is 0 Å². The second kappa shape index (κ2) is 5.28. The molecule has 0 saturated carbocycles. The quantitative estimate of drug-likeness (QED) is 0.788. The van der Waals surface area contributed by atoms with Crippen LogP contribution in [-0.2, 0) is 13.6 Å². The highest BCUT2D eigenvalue weighted by atomic mass is 15.2. The summed E-state index contributed by atoms with van der Waals surface area (Å²) in [6.45, 7) is 5.13. The Labute approximate surface area is 92.1 Å². The Balaban J connectivity index is 2.55. The predicted molar refractivity (Wildman–Crippen MR) is 62.4 cm³/mol. The summed E-state index contributed by atoms with van der Waals surface area (Å²) in [5, 5.41) is 0. The fourth-order valence-electron chi connectivity index (χ4n) is 1.58. The summed E-state index contributed by atoms with van der Waals surface area (Å²) in [7, 11) is 4.11. The summed E-state index contributed by atoms with van der Waals surface area (Å²) in [6, 6.07) is 0.613. The fraction of sp³-hybridized carbons (Fsp3) is 0.727. The normalized spacial score (nSPS) is 15.6. The van der Waals surface area contributed by atoms with E-state index in [1.54, 1.807) is 0 Å². The summed E-state index contributed by atoms with van der Waals surface area (Å²) in [5.74, 6) is 1.08. The predicted octanol–water partition coefficient (Wildman–Crippen LogP) is 0.978. The largest absolute Gasteiger partial charge is 0.337 e. The third-order valence-corrected chi connectivity index (χ3v) is 3.10. The number of hydrogen-bond donors (Lipinski definition) is 1. The van der Waals surface area contributed by atoms with E-state index in [2.05, 4.69) is 30.8 Å². The van der Waals surface area contributed by atoms with E-state index in [9.17, 15) is 0 Å². The van der Waals surface area contributed by atoms with Crippen molar-refractivity contribution in [1.82, 2.24) is 14.5 Å². The number of aromatic nitrogens is 2. The Morgan fingerprint density at radius 2 is 2.27 bits per heavy atom. The van der Waals surface area contributed by atoms with Crippen LogP contribution in [0.4, 0.5) is 0 Å². The van der Waals surface area contributed by atoms with Crippen LogP contribution in [0.5, 0.6) is 0 Å². The van der Waals surface area contributed by atoms with Crippen LogP contribution in [0.25, 0.3) is 0 Å². The Hall–Kier alpha value is -0.870. The van der Waals surface area contributed by atoms with Crippen molar-refractivity contribution in [3.63, 3.8) is 0 Å². The molecule has 2 N–H and O–H groups in total. The van der Waals surface area contributed by atoms with Gasteiger partial charge in [0.15, 0.2) is 0 Å². The van der Waals surface area contributed by atoms with Crippen LogP contribution in [0.1, 0.15) is 26.1 Å². The van der Waals surface area contributed by atoms with Crippen molar-refractivity contribution in [3.05, 3.63) is 18.2 Å². The number of imidazole rings is 1. The van der Waals surface area contributed by atoms with Gasteiger partial charge >= 0.3 is 0 Å². The van der Waals surface area contributed by atoms with E-state index in [4.69, 9.17) is 5.73 Å². The van der Waals surface area contributed by atoms with E-state index in [0.717, 1.165) is 18.8 Å². The molecule has 4 heteroatoms. The Morgan fingerprint density at radius 3 is 2.73 bits per heavy atom. The summed E-state index contributed by atoms with van der Waals surface area (Å²) in [5.41, 5.74) is 6.02. The lowest BCUT2D eigenvalue weighted by Gasteiger charge is -2.28. The first kappa shape index (κ1) is 12.2. The standard InChI is InChI=1S/C11H22N4/c1-5-10(12)9(2)15(4)8-11-13-6-7-14(11)3/h6-7,9-10H,5,8,12H2,1-4H3. The van der Waals surface area contributed by atoms with Gasteiger partial charge in [0.1, 0.15) is 5.82 Å². The zero-order chi connectivity index (χ0) is 11.4. The molecule has 0 aliphatic rings. The van der Waals surface area contributed by atoms with Gasteiger partial charge in [-0.3, -0.25) is 4.90 Å². The Morgan fingerprint density at radius 1 is 1.60 bits per heavy atom. The Bertz CT molecular complexity index is 295. The lowest BCUT2D eigenvalue weighted by atomic mass is 10.1. The van der Waals surface area contributed by atoms with Crippen molar-refractivity contribution in [2.24, 2.45) is 12.8 Å². The maximum atomic E-state index is 6.02. The molecule has 0 saturated heterocycles. The van der Waals surface area contributed by atoms with Crippen LogP contribution < -0.4 is 5.73 Å². The SMILES string of the molecule is CCC(N)C(C)N(C)Cc1nccn1C. The van der Waals surface area contributed by atoms with Crippen molar-refractivity contribution in [1.29, 1.82) is 0 Å². The van der Waals surface area contributed by atoms with Crippen LogP contribution in [0.3, 0.4) is 0 Å². The lowest BCUT2D eigenvalue weighted by Crippen LogP contribution is -2.43. The van der Waals surface area contributed by atoms with Crippen molar-refractivity contribution in [3.8, 4) is 0 Å². The van der Waals surface area contributed by atoms with Gasteiger partial charge in [0.2, 0.25) is 0 Å². The summed E-state index contributed by atoms with van der Waals surface area (Å²) in [4.78, 5) is 6.55. The van der Waals surface area contributed by atoms with Crippen molar-refractivity contribution in [2.75, 3.05) is 7.05 Å². The first-order chi connectivity index (χ1) is 7.06. The monoisotopic (exact) mass is 210 g/mol. The molecule has 4 nitrogen and oxygen atoms in total. The second-order valence-corrected chi connectivity index (χ2v) is 4.18. The van der Waals surface area contributed by atoms with E-state index in [1.807, 2.05) is 24.0 Å². The van der Waals surface area contributed by atoms with Crippen LogP contribution in [0.2, 0.25) is 0 Å². The molecular formula is C11H22N4. The third-order valence-electron chi connectivity index (χ3n) is 3.10. The minimum atomic E-state index is 0.232. The molecule has 0 aromatic carbocycles. The average molecular weight is 210 g/mol. The highest BCUT2D eigenvalue weighted by Gasteiger charge is 2.16. The molecule has 1 heterocycles. The molecule has 0 spiro atoms. The molecule has 0 fully saturated rings. The highest BCUT2D eigenvalue weighted by molar-refractivity contribution is 4.91. The lowest BCUT2D eigenvalue weighted by molar-refractivity contribution is 0.209. The number of nitrogens with two attached hydrogens (primary N) is 1. The van der Waals surface area contributed by atoms with Gasteiger partial charge in [-0.25, -0.2) is 4.98 Å². The highest BCUT2D eigenvalue weighted by Crippen LogP contribution is 2.07. The molecule has 1 aromatic heterocycles. The van der Waals surface area contributed by atoms with Gasteiger partial charge in [-0.2, -0.15) is 0 Å². The second-order valence-electron chi connectivity index (χ2n) is 4.18. The van der Waals surface area contributed by atoms with Gasteiger partial charge in [0.05, 0.1) is 6.54 Å². The van der Waals surface area contributed by atoms with Gasteiger partial charge in [0, 0.05) is 31.5 Å². The topological polar surface area (TPSA) is 47.1 Å². The minimum Gasteiger partial charge on any atom is -0.337 e. The van der Waals surface area contributed by atoms with Gasteiger partial charge < -0.3 is 10.3 Å². The molecule has 15 heavy (non-hydrogen) atoms. The summed E-state index contributed by atoms with van der Waals surface area (Å²) >= 11 is 0. The van der Waals surface area contributed by atoms with E-state index < -0.39 is 0 Å². The zero-order valence-corrected chi connectivity index (χ0v) is 10.1. The van der Waals surface area contributed by atoms with Crippen molar-refractivity contribution < 1.29 is 0 Å². The molecule has 0 aliphatic heterocycles. The number of likely N-dealkylation sites (N-methyl/N-ethyl adjacent to an activating group) is 1. The minimum absolute atomic E-state index is 0.232. The van der Waals surface area contributed by atoms with Gasteiger partial charge in [-0.15, -0.1) is 0 Å². The molecule has 0 aliphatic carbocycles.